The van der Waals surface area contributed by atoms with Gasteiger partial charge in [-0.2, -0.15) is 31.6 Å². The smallest absolute Gasteiger partial charge is 0.297 e. The quantitative estimate of drug-likeness (QED) is 0.309. The molecule has 2 nitrogen and oxygen atoms in total. The zero-order valence-electron chi connectivity index (χ0n) is 21.5. The highest BCUT2D eigenvalue weighted by Gasteiger charge is 2.67. The van der Waals surface area contributed by atoms with Crippen molar-refractivity contribution in [3.8, 4) is 6.07 Å². The summed E-state index contributed by atoms with van der Waals surface area (Å²) in [5.41, 5.74) is -2.47. The molecule has 0 amide bonds. The van der Waals surface area contributed by atoms with E-state index in [2.05, 4.69) is 4.90 Å². The van der Waals surface area contributed by atoms with E-state index in [4.69, 9.17) is 5.26 Å². The highest BCUT2D eigenvalue weighted by atomic mass is 19.4. The van der Waals surface area contributed by atoms with E-state index in [1.54, 1.807) is 6.07 Å². The van der Waals surface area contributed by atoms with Crippen molar-refractivity contribution in [1.29, 1.82) is 5.26 Å². The summed E-state index contributed by atoms with van der Waals surface area (Å²) in [4.78, 5) is 2.21. The number of hydrogen-bond donors (Lipinski definition) is 0. The van der Waals surface area contributed by atoms with Crippen molar-refractivity contribution in [1.82, 2.24) is 4.90 Å². The van der Waals surface area contributed by atoms with Crippen molar-refractivity contribution in [2.45, 2.75) is 95.1 Å². The van der Waals surface area contributed by atoms with Gasteiger partial charge in [-0.25, -0.2) is 0 Å². The van der Waals surface area contributed by atoms with E-state index in [1.165, 1.54) is 25.1 Å². The van der Waals surface area contributed by atoms with Gasteiger partial charge in [-0.1, -0.05) is 48.5 Å². The largest absolute Gasteiger partial charge is 0.398 e. The first-order valence-electron chi connectivity index (χ1n) is 12.7. The van der Waals surface area contributed by atoms with Crippen molar-refractivity contribution in [2.75, 3.05) is 6.54 Å². The molecule has 37 heavy (non-hydrogen) atoms. The zero-order valence-corrected chi connectivity index (χ0v) is 21.5. The molecule has 2 aromatic rings. The number of nitrogens with zero attached hydrogens (tertiary/aromatic N) is 2. The zero-order chi connectivity index (χ0) is 27.5. The van der Waals surface area contributed by atoms with Crippen molar-refractivity contribution < 1.29 is 26.3 Å². The van der Waals surface area contributed by atoms with Crippen LogP contribution in [0.15, 0.2) is 48.5 Å². The van der Waals surface area contributed by atoms with Gasteiger partial charge in [0.1, 0.15) is 0 Å². The highest BCUT2D eigenvalue weighted by Crippen LogP contribution is 2.63. The molecule has 0 aliphatic heterocycles. The monoisotopic (exact) mass is 524 g/mol. The number of rotatable bonds is 9. The standard InChI is InChI=1S/C27H31F6N.C2H3N/c1-19(2)34(18-20-8-4-3-5-9-20)17-7-10-21-22(24(13-14-24)26(28,29)30)11-6-12-23(21)25(15-16-25)27(31,32)33;1-2-3/h3-6,8-9,11-12,19H,7,10,13-18H2,1-2H3;1H3. The molecule has 0 atom stereocenters. The normalized spacial score (nSPS) is 17.7. The SMILES string of the molecule is CC#N.CC(C)N(CCCc1c(C2(C(F)(F)F)CC2)cccc1C1(C(F)(F)F)CC1)Cc1ccccc1. The van der Waals surface area contributed by atoms with Gasteiger partial charge in [0.15, 0.2) is 0 Å². The van der Waals surface area contributed by atoms with E-state index in [1.807, 2.05) is 44.2 Å². The van der Waals surface area contributed by atoms with E-state index in [0.29, 0.717) is 19.5 Å². The minimum atomic E-state index is -4.47. The number of nitriles is 1. The fraction of sp³-hybridized carbons (Fsp3) is 0.552. The molecule has 0 saturated heterocycles. The fourth-order valence-corrected chi connectivity index (χ4v) is 5.21. The first-order chi connectivity index (χ1) is 17.3. The molecule has 0 unspecified atom stereocenters. The summed E-state index contributed by atoms with van der Waals surface area (Å²) in [6.45, 7) is 6.81. The predicted octanol–water partition coefficient (Wildman–Crippen LogP) is 8.25. The molecule has 8 heteroatoms. The molecule has 4 rings (SSSR count). The van der Waals surface area contributed by atoms with Gasteiger partial charge in [0.2, 0.25) is 0 Å². The van der Waals surface area contributed by atoms with E-state index < -0.39 is 23.2 Å². The van der Waals surface area contributed by atoms with Crippen molar-refractivity contribution in [3.05, 3.63) is 70.8 Å². The van der Waals surface area contributed by atoms with Crippen LogP contribution in [-0.4, -0.2) is 29.8 Å². The summed E-state index contributed by atoms with van der Waals surface area (Å²) in [5, 5.41) is 7.32. The third-order valence-electron chi connectivity index (χ3n) is 7.62. The Balaban J connectivity index is 0.00000121. The van der Waals surface area contributed by atoms with Gasteiger partial charge in [-0.3, -0.25) is 4.90 Å². The maximum absolute atomic E-state index is 14.0. The van der Waals surface area contributed by atoms with Crippen LogP contribution in [-0.2, 0) is 23.8 Å². The molecule has 2 aliphatic rings. The van der Waals surface area contributed by atoms with Gasteiger partial charge in [-0.15, -0.1) is 0 Å². The topological polar surface area (TPSA) is 27.0 Å². The summed E-state index contributed by atoms with van der Waals surface area (Å²) >= 11 is 0. The molecule has 0 spiro atoms. The molecule has 0 N–H and O–H groups in total. The maximum atomic E-state index is 14.0. The molecule has 2 aromatic carbocycles. The number of alkyl halides is 6. The van der Waals surface area contributed by atoms with Crippen molar-refractivity contribution in [2.24, 2.45) is 0 Å². The predicted molar refractivity (Wildman–Crippen MR) is 132 cm³/mol. The molecule has 2 aliphatic carbocycles. The third-order valence-corrected chi connectivity index (χ3v) is 7.62. The van der Waals surface area contributed by atoms with Gasteiger partial charge in [0, 0.05) is 19.5 Å². The molecule has 2 saturated carbocycles. The Morgan fingerprint density at radius 3 is 1.68 bits per heavy atom. The Labute approximate surface area is 215 Å². The minimum Gasteiger partial charge on any atom is -0.297 e. The Hall–Kier alpha value is -2.53. The van der Waals surface area contributed by atoms with E-state index in [0.717, 1.165) is 5.56 Å². The van der Waals surface area contributed by atoms with Gasteiger partial charge < -0.3 is 0 Å². The second kappa shape index (κ2) is 11.1. The second-order valence-corrected chi connectivity index (χ2v) is 10.4. The lowest BCUT2D eigenvalue weighted by Gasteiger charge is -2.30. The first-order valence-corrected chi connectivity index (χ1v) is 12.7. The molecule has 2 fully saturated rings. The van der Waals surface area contributed by atoms with Gasteiger partial charge in [-0.05, 0) is 81.2 Å². The number of halogens is 6. The summed E-state index contributed by atoms with van der Waals surface area (Å²) in [5.74, 6) is 0. The minimum absolute atomic E-state index is 0.0574. The lowest BCUT2D eigenvalue weighted by atomic mass is 9.81. The molecule has 0 radical (unpaired) electrons. The fourth-order valence-electron chi connectivity index (χ4n) is 5.21. The van der Waals surface area contributed by atoms with Crippen LogP contribution in [0.4, 0.5) is 26.3 Å². The summed E-state index contributed by atoms with van der Waals surface area (Å²) in [6, 6.07) is 16.0. The maximum Gasteiger partial charge on any atom is 0.398 e. The molecule has 0 bridgehead atoms. The lowest BCUT2D eigenvalue weighted by molar-refractivity contribution is -0.161. The van der Waals surface area contributed by atoms with Crippen molar-refractivity contribution in [3.63, 3.8) is 0 Å². The van der Waals surface area contributed by atoms with E-state index in [-0.39, 0.29) is 54.8 Å². The van der Waals surface area contributed by atoms with Crippen LogP contribution in [0.5, 0.6) is 0 Å². The molecular weight excluding hydrogens is 490 g/mol. The summed E-state index contributed by atoms with van der Waals surface area (Å²) in [7, 11) is 0. The Morgan fingerprint density at radius 1 is 0.838 bits per heavy atom. The average Bonchev–Trinajstić information content (AvgIpc) is 3.72. The Kier molecular flexibility index (Phi) is 8.68. The van der Waals surface area contributed by atoms with Crippen molar-refractivity contribution >= 4 is 0 Å². The average molecular weight is 525 g/mol. The summed E-state index contributed by atoms with van der Waals surface area (Å²) in [6.07, 6.45) is -8.46. The molecule has 0 heterocycles. The van der Waals surface area contributed by atoms with Gasteiger partial charge in [0.05, 0.1) is 16.9 Å². The van der Waals surface area contributed by atoms with Gasteiger partial charge >= 0.3 is 12.4 Å². The van der Waals surface area contributed by atoms with Gasteiger partial charge in [0.25, 0.3) is 0 Å². The highest BCUT2D eigenvalue weighted by molar-refractivity contribution is 5.50. The third kappa shape index (κ3) is 6.14. The van der Waals surface area contributed by atoms with E-state index >= 15 is 0 Å². The first kappa shape index (κ1) is 29.0. The van der Waals surface area contributed by atoms with Crippen LogP contribution in [0, 0.1) is 11.3 Å². The summed E-state index contributed by atoms with van der Waals surface area (Å²) < 4.78 is 84.0. The van der Waals surface area contributed by atoms with Crippen LogP contribution in [0.1, 0.15) is 75.1 Å². The van der Waals surface area contributed by atoms with Crippen LogP contribution >= 0.6 is 0 Å². The second-order valence-electron chi connectivity index (χ2n) is 10.4. The Bertz CT molecular complexity index is 1030. The van der Waals surface area contributed by atoms with Crippen LogP contribution in [0.3, 0.4) is 0 Å². The number of benzene rings is 2. The number of hydrogen-bond acceptors (Lipinski definition) is 2. The molecular formula is C29H34F6N2. The molecule has 202 valence electrons. The van der Waals surface area contributed by atoms with Crippen LogP contribution in [0.2, 0.25) is 0 Å². The lowest BCUT2D eigenvalue weighted by Crippen LogP contribution is -2.34. The Morgan fingerprint density at radius 2 is 1.30 bits per heavy atom. The van der Waals surface area contributed by atoms with E-state index in [9.17, 15) is 26.3 Å². The molecule has 0 aromatic heterocycles. The van der Waals surface area contributed by atoms with Crippen LogP contribution < -0.4 is 0 Å². The van der Waals surface area contributed by atoms with Crippen LogP contribution in [0.25, 0.3) is 0 Å².